The number of amides is 1. The minimum absolute atomic E-state index is 0.0369. The first-order valence-corrected chi connectivity index (χ1v) is 7.01. The number of benzene rings is 1. The average Bonchev–Trinajstić information content (AvgIpc) is 2.63. The van der Waals surface area contributed by atoms with Gasteiger partial charge in [-0.1, -0.05) is 12.8 Å². The maximum Gasteiger partial charge on any atom is 0.299 e. The van der Waals surface area contributed by atoms with Gasteiger partial charge >= 0.3 is 0 Å². The molecule has 0 aromatic heterocycles. The second-order valence-electron chi connectivity index (χ2n) is 4.67. The third-order valence-electron chi connectivity index (χ3n) is 3.26. The largest absolute Gasteiger partial charge is 0.305 e. The van der Waals surface area contributed by atoms with Crippen LogP contribution >= 0.6 is 11.6 Å². The molecule has 6 heteroatoms. The van der Waals surface area contributed by atoms with Crippen molar-refractivity contribution in [3.8, 4) is 0 Å². The maximum atomic E-state index is 13.6. The molecule has 1 aliphatic rings. The van der Waals surface area contributed by atoms with Crippen LogP contribution in [-0.4, -0.2) is 24.1 Å². The fraction of sp³-hybridized carbons (Fsp3) is 0.429. The Bertz CT molecular complexity index is 548. The molecule has 0 bridgehead atoms. The van der Waals surface area contributed by atoms with Crippen LogP contribution in [0.15, 0.2) is 12.1 Å². The van der Waals surface area contributed by atoms with Crippen molar-refractivity contribution >= 4 is 29.0 Å². The van der Waals surface area contributed by atoms with Crippen molar-refractivity contribution in [2.75, 3.05) is 17.3 Å². The van der Waals surface area contributed by atoms with Gasteiger partial charge in [-0.15, -0.1) is 11.6 Å². The zero-order valence-electron chi connectivity index (χ0n) is 10.8. The minimum Gasteiger partial charge on any atom is -0.305 e. The summed E-state index contributed by atoms with van der Waals surface area (Å²) >= 11 is 5.56. The van der Waals surface area contributed by atoms with E-state index in [-0.39, 0.29) is 17.8 Å². The molecule has 1 heterocycles. The van der Waals surface area contributed by atoms with E-state index in [0.29, 0.717) is 18.4 Å². The Morgan fingerprint density at radius 3 is 2.45 bits per heavy atom. The Labute approximate surface area is 120 Å². The molecule has 0 N–H and O–H groups in total. The fourth-order valence-corrected chi connectivity index (χ4v) is 2.47. The van der Waals surface area contributed by atoms with Crippen LogP contribution in [0.25, 0.3) is 0 Å². The van der Waals surface area contributed by atoms with E-state index in [1.165, 1.54) is 0 Å². The number of fused-ring (bicyclic) bond motifs is 1. The van der Waals surface area contributed by atoms with Crippen LogP contribution in [0, 0.1) is 11.6 Å². The van der Waals surface area contributed by atoms with Crippen LogP contribution in [0.5, 0.6) is 0 Å². The zero-order chi connectivity index (χ0) is 14.7. The van der Waals surface area contributed by atoms with Crippen LogP contribution in [0.3, 0.4) is 0 Å². The zero-order valence-corrected chi connectivity index (χ0v) is 11.6. The molecule has 2 rings (SSSR count). The highest BCUT2D eigenvalue weighted by molar-refractivity contribution is 6.52. The molecule has 0 aliphatic carbocycles. The third-order valence-corrected chi connectivity index (χ3v) is 3.52. The molecule has 0 unspecified atom stereocenters. The van der Waals surface area contributed by atoms with E-state index >= 15 is 0 Å². The van der Waals surface area contributed by atoms with Gasteiger partial charge in [0.15, 0.2) is 0 Å². The van der Waals surface area contributed by atoms with Crippen molar-refractivity contribution in [2.45, 2.75) is 25.7 Å². The molecule has 1 aromatic rings. The highest BCUT2D eigenvalue weighted by Crippen LogP contribution is 2.32. The molecular weight excluding hydrogens is 288 g/mol. The van der Waals surface area contributed by atoms with E-state index < -0.39 is 23.3 Å². The molecule has 0 radical (unpaired) electrons. The van der Waals surface area contributed by atoms with Crippen molar-refractivity contribution < 1.29 is 18.4 Å². The molecule has 0 saturated heterocycles. The highest BCUT2D eigenvalue weighted by atomic mass is 35.5. The number of hydrogen-bond donors (Lipinski definition) is 0. The molecule has 0 atom stereocenters. The molecule has 1 aromatic carbocycles. The first kappa shape index (κ1) is 14.9. The number of nitrogens with zero attached hydrogens (tertiary/aromatic N) is 1. The van der Waals surface area contributed by atoms with E-state index in [1.807, 2.05) is 0 Å². The number of anilines is 1. The van der Waals surface area contributed by atoms with Gasteiger partial charge in [-0.2, -0.15) is 0 Å². The van der Waals surface area contributed by atoms with Crippen LogP contribution < -0.4 is 4.90 Å². The van der Waals surface area contributed by atoms with Crippen molar-refractivity contribution in [2.24, 2.45) is 0 Å². The number of halogens is 3. The maximum absolute atomic E-state index is 13.6. The Morgan fingerprint density at radius 2 is 1.75 bits per heavy atom. The summed E-state index contributed by atoms with van der Waals surface area (Å²) in [5.41, 5.74) is -0.285. The van der Waals surface area contributed by atoms with E-state index in [9.17, 15) is 18.4 Å². The van der Waals surface area contributed by atoms with Gasteiger partial charge in [0.05, 0.1) is 11.3 Å². The van der Waals surface area contributed by atoms with Gasteiger partial charge in [-0.25, -0.2) is 8.78 Å². The van der Waals surface area contributed by atoms with Gasteiger partial charge in [-0.05, 0) is 18.9 Å². The molecule has 0 fully saturated rings. The lowest BCUT2D eigenvalue weighted by Crippen LogP contribution is -2.30. The molecule has 1 amide bonds. The molecule has 20 heavy (non-hydrogen) atoms. The summed E-state index contributed by atoms with van der Waals surface area (Å²) in [7, 11) is 0. The van der Waals surface area contributed by atoms with E-state index in [1.54, 1.807) is 0 Å². The monoisotopic (exact) mass is 301 g/mol. The number of alkyl halides is 1. The van der Waals surface area contributed by atoms with Gasteiger partial charge in [0.1, 0.15) is 11.6 Å². The lowest BCUT2D eigenvalue weighted by atomic mass is 10.1. The Kier molecular flexibility index (Phi) is 4.70. The van der Waals surface area contributed by atoms with Crippen molar-refractivity contribution in [1.82, 2.24) is 0 Å². The third kappa shape index (κ3) is 2.82. The van der Waals surface area contributed by atoms with E-state index in [0.717, 1.165) is 30.2 Å². The summed E-state index contributed by atoms with van der Waals surface area (Å²) < 4.78 is 26.8. The quantitative estimate of drug-likeness (QED) is 0.459. The van der Waals surface area contributed by atoms with Gasteiger partial charge in [0, 0.05) is 18.5 Å². The average molecular weight is 302 g/mol. The van der Waals surface area contributed by atoms with Crippen molar-refractivity contribution in [1.29, 1.82) is 0 Å². The number of Topliss-reactive ketones (excluding diaryl/α,β-unsaturated/α-hetero) is 1. The Hall–Kier alpha value is -1.49. The number of unbranched alkanes of at least 4 members (excludes halogenated alkanes) is 3. The summed E-state index contributed by atoms with van der Waals surface area (Å²) in [4.78, 5) is 24.7. The summed E-state index contributed by atoms with van der Waals surface area (Å²) in [6, 6.07) is 1.65. The number of rotatable bonds is 6. The van der Waals surface area contributed by atoms with Gasteiger partial charge in [-0.3, -0.25) is 9.59 Å². The molecular formula is C14H14ClF2NO2. The molecule has 1 aliphatic heterocycles. The minimum atomic E-state index is -0.983. The summed E-state index contributed by atoms with van der Waals surface area (Å²) in [5.74, 6) is -2.89. The summed E-state index contributed by atoms with van der Waals surface area (Å²) in [6.45, 7) is 0.281. The van der Waals surface area contributed by atoms with Crippen molar-refractivity contribution in [3.05, 3.63) is 29.3 Å². The van der Waals surface area contributed by atoms with Crippen LogP contribution in [0.1, 0.15) is 36.0 Å². The van der Waals surface area contributed by atoms with Crippen LogP contribution in [-0.2, 0) is 4.79 Å². The lowest BCUT2D eigenvalue weighted by Gasteiger charge is -2.16. The smallest absolute Gasteiger partial charge is 0.299 e. The van der Waals surface area contributed by atoms with Crippen molar-refractivity contribution in [3.63, 3.8) is 0 Å². The molecule has 0 saturated carbocycles. The fourth-order valence-electron chi connectivity index (χ4n) is 2.28. The first-order chi connectivity index (χ1) is 9.56. The molecule has 0 spiro atoms. The van der Waals surface area contributed by atoms with E-state index in [4.69, 9.17) is 11.6 Å². The SMILES string of the molecule is O=C1C(=O)N(CCCCCCCl)c2cc(F)cc(F)c21. The highest BCUT2D eigenvalue weighted by Gasteiger charge is 2.38. The van der Waals surface area contributed by atoms with Gasteiger partial charge < -0.3 is 4.90 Å². The number of carbonyl (C=O) groups excluding carboxylic acids is 2. The summed E-state index contributed by atoms with van der Waals surface area (Å²) in [5, 5.41) is 0. The van der Waals surface area contributed by atoms with E-state index in [2.05, 4.69) is 0 Å². The Balaban J connectivity index is 2.12. The second kappa shape index (κ2) is 6.31. The number of ketones is 1. The number of hydrogen-bond acceptors (Lipinski definition) is 2. The van der Waals surface area contributed by atoms with Crippen LogP contribution in [0.2, 0.25) is 0 Å². The van der Waals surface area contributed by atoms with Crippen LogP contribution in [0.4, 0.5) is 14.5 Å². The molecule has 108 valence electrons. The standard InChI is InChI=1S/C14H14ClF2NO2/c15-5-3-1-2-4-6-18-11-8-9(16)7-10(17)12(11)13(19)14(18)20/h7-8H,1-6H2. The summed E-state index contributed by atoms with van der Waals surface area (Å²) in [6.07, 6.45) is 3.31. The lowest BCUT2D eigenvalue weighted by molar-refractivity contribution is -0.114. The van der Waals surface area contributed by atoms with Gasteiger partial charge in [0.25, 0.3) is 11.7 Å². The van der Waals surface area contributed by atoms with Gasteiger partial charge in [0.2, 0.25) is 0 Å². The Morgan fingerprint density at radius 1 is 1.05 bits per heavy atom. The number of carbonyl (C=O) groups is 2. The predicted molar refractivity (Wildman–Crippen MR) is 72.2 cm³/mol. The second-order valence-corrected chi connectivity index (χ2v) is 5.05. The first-order valence-electron chi connectivity index (χ1n) is 6.47. The topological polar surface area (TPSA) is 37.4 Å². The predicted octanol–water partition coefficient (Wildman–Crippen LogP) is 3.29. The molecule has 3 nitrogen and oxygen atoms in total. The normalized spacial score (nSPS) is 14.1.